The maximum atomic E-state index is 14.6. The van der Waals surface area contributed by atoms with E-state index in [9.17, 15) is 18.3 Å². The van der Waals surface area contributed by atoms with Crippen LogP contribution in [0.3, 0.4) is 0 Å². The van der Waals surface area contributed by atoms with Gasteiger partial charge in [-0.1, -0.05) is 15.9 Å². The van der Waals surface area contributed by atoms with E-state index < -0.39 is 37.5 Å². The van der Waals surface area contributed by atoms with Crippen molar-refractivity contribution in [1.29, 1.82) is 0 Å². The Morgan fingerprint density at radius 2 is 1.92 bits per heavy atom. The van der Waals surface area contributed by atoms with Crippen molar-refractivity contribution in [2.45, 2.75) is 48.6 Å². The fourth-order valence-corrected chi connectivity index (χ4v) is 6.79. The van der Waals surface area contributed by atoms with Gasteiger partial charge in [0.1, 0.15) is 21.9 Å². The molecule has 138 valence electrons. The fourth-order valence-electron chi connectivity index (χ4n) is 3.70. The molecule has 0 bridgehead atoms. The predicted octanol–water partition coefficient (Wildman–Crippen LogP) is 4.54. The number of hydrogen-bond donors (Lipinski definition) is 4. The van der Waals surface area contributed by atoms with Crippen molar-refractivity contribution in [2.24, 2.45) is 4.99 Å². The molecule has 1 aliphatic heterocycles. The summed E-state index contributed by atoms with van der Waals surface area (Å²) in [6.07, 6.45) is -0.401. The van der Waals surface area contributed by atoms with Gasteiger partial charge in [-0.2, -0.15) is 10.6 Å². The minimum absolute atomic E-state index is 0.0700. The van der Waals surface area contributed by atoms with Crippen LogP contribution in [-0.4, -0.2) is 35.6 Å². The third-order valence-corrected chi connectivity index (χ3v) is 9.44. The summed E-state index contributed by atoms with van der Waals surface area (Å²) < 4.78 is 35.2. The largest absolute Gasteiger partial charge is 0.465 e. The molecule has 3 rings (SSSR count). The monoisotopic (exact) mass is 434 g/mol. The molecule has 1 spiro atoms. The molecule has 1 atom stereocenters. The quantitative estimate of drug-likeness (QED) is 0.520. The molecule has 25 heavy (non-hydrogen) atoms. The number of carboxylic acid groups (broad SMARTS) is 1. The molecule has 6 nitrogen and oxygen atoms in total. The van der Waals surface area contributed by atoms with E-state index in [1.807, 2.05) is 0 Å². The first kappa shape index (κ1) is 18.6. The zero-order valence-electron chi connectivity index (χ0n) is 14.0. The van der Waals surface area contributed by atoms with Crippen LogP contribution in [0.25, 0.3) is 0 Å². The Labute approximate surface area is 155 Å². The molecule has 0 aromatic heterocycles. The number of aliphatic imine (C=N–C) groups is 1. The van der Waals surface area contributed by atoms with Gasteiger partial charge in [-0.05, 0) is 51.8 Å². The number of rotatable bonds is 1. The Balaban J connectivity index is 2.30. The van der Waals surface area contributed by atoms with Crippen LogP contribution < -0.4 is 5.32 Å². The van der Waals surface area contributed by atoms with E-state index in [-0.39, 0.29) is 11.4 Å². The van der Waals surface area contributed by atoms with Gasteiger partial charge in [0.15, 0.2) is 0 Å². The maximum Gasteiger partial charge on any atom is 0.410 e. The van der Waals surface area contributed by atoms with Gasteiger partial charge in [0.05, 0.1) is 4.75 Å². The van der Waals surface area contributed by atoms with E-state index in [1.54, 1.807) is 32.9 Å². The molecule has 0 radical (unpaired) electrons. The van der Waals surface area contributed by atoms with Crippen LogP contribution in [0.5, 0.6) is 0 Å². The normalized spacial score (nSPS) is 29.6. The molecule has 4 N–H and O–H groups in total. The van der Waals surface area contributed by atoms with Crippen molar-refractivity contribution in [3.8, 4) is 0 Å². The lowest BCUT2D eigenvalue weighted by Crippen LogP contribution is -2.60. The summed E-state index contributed by atoms with van der Waals surface area (Å²) in [5.41, 5.74) is -1.09. The van der Waals surface area contributed by atoms with Gasteiger partial charge in [-0.3, -0.25) is 19.4 Å². The van der Waals surface area contributed by atoms with E-state index in [4.69, 9.17) is 5.11 Å². The fraction of sp³-hybridized carbons (Fsp3) is 0.500. The lowest BCUT2D eigenvalue weighted by atomic mass is 9.85. The SMILES string of the molecule is CC1(c2cc(Br)ccc2F)N=C(NC(=O)O)C(C)(C)S(O)(O)C12CC2. The van der Waals surface area contributed by atoms with Crippen LogP contribution >= 0.6 is 26.5 Å². The van der Waals surface area contributed by atoms with Gasteiger partial charge in [-0.25, -0.2) is 9.18 Å². The van der Waals surface area contributed by atoms with Crippen LogP contribution in [-0.2, 0) is 5.54 Å². The van der Waals surface area contributed by atoms with Crippen LogP contribution in [0.4, 0.5) is 9.18 Å². The molecular weight excluding hydrogens is 415 g/mol. The summed E-state index contributed by atoms with van der Waals surface area (Å²) >= 11 is 3.31. The van der Waals surface area contributed by atoms with Crippen molar-refractivity contribution in [1.82, 2.24) is 5.32 Å². The number of amidine groups is 1. The van der Waals surface area contributed by atoms with E-state index >= 15 is 0 Å². The minimum Gasteiger partial charge on any atom is -0.465 e. The van der Waals surface area contributed by atoms with Gasteiger partial charge < -0.3 is 5.11 Å². The van der Waals surface area contributed by atoms with Crippen molar-refractivity contribution in [2.75, 3.05) is 0 Å². The Kier molecular flexibility index (Phi) is 4.04. The standard InChI is InChI=1S/C16H20BrFN2O4S/c1-14(2)12(19-13(21)22)20-15(3,16(6-7-16)25(14,23)24)10-8-9(17)4-5-11(10)18/h4-5,8,23-24H,6-7H2,1-3H3,(H,19,20)(H,21,22). The predicted molar refractivity (Wildman–Crippen MR) is 98.9 cm³/mol. The third-order valence-electron chi connectivity index (χ3n) is 5.43. The van der Waals surface area contributed by atoms with Crippen molar-refractivity contribution < 1.29 is 23.4 Å². The first-order valence-corrected chi connectivity index (χ1v) is 10.1. The van der Waals surface area contributed by atoms with E-state index in [1.165, 1.54) is 6.07 Å². The number of carbonyl (C=O) groups is 1. The molecule has 9 heteroatoms. The van der Waals surface area contributed by atoms with E-state index in [0.717, 1.165) is 0 Å². The summed E-state index contributed by atoms with van der Waals surface area (Å²) in [4.78, 5) is 15.7. The molecule has 1 unspecified atom stereocenters. The second-order valence-electron chi connectivity index (χ2n) is 7.14. The van der Waals surface area contributed by atoms with E-state index in [2.05, 4.69) is 26.2 Å². The molecule has 1 aliphatic carbocycles. The first-order valence-electron chi connectivity index (χ1n) is 7.72. The Morgan fingerprint density at radius 3 is 2.44 bits per heavy atom. The van der Waals surface area contributed by atoms with Crippen LogP contribution in [0.1, 0.15) is 39.2 Å². The molecule has 1 fully saturated rings. The number of benzene rings is 1. The van der Waals surface area contributed by atoms with Gasteiger partial charge >= 0.3 is 6.09 Å². The lowest BCUT2D eigenvalue weighted by Gasteiger charge is -2.60. The highest BCUT2D eigenvalue weighted by atomic mass is 79.9. The number of nitrogens with zero attached hydrogens (tertiary/aromatic N) is 1. The van der Waals surface area contributed by atoms with Gasteiger partial charge in [-0.15, -0.1) is 0 Å². The summed E-state index contributed by atoms with van der Waals surface area (Å²) in [5, 5.41) is 11.3. The molecule has 1 heterocycles. The molecule has 1 aromatic rings. The van der Waals surface area contributed by atoms with Crippen LogP contribution in [0, 0.1) is 5.82 Å². The maximum absolute atomic E-state index is 14.6. The Morgan fingerprint density at radius 1 is 1.32 bits per heavy atom. The highest BCUT2D eigenvalue weighted by Crippen LogP contribution is 2.79. The summed E-state index contributed by atoms with van der Waals surface area (Å²) in [7, 11) is -3.35. The number of hydrogen-bond acceptors (Lipinski definition) is 4. The Bertz CT molecular complexity index is 794. The van der Waals surface area contributed by atoms with Crippen LogP contribution in [0.15, 0.2) is 27.7 Å². The lowest BCUT2D eigenvalue weighted by molar-refractivity contribution is 0.199. The van der Waals surface area contributed by atoms with Gasteiger partial charge in [0.25, 0.3) is 0 Å². The summed E-state index contributed by atoms with van der Waals surface area (Å²) in [6.45, 7) is 4.74. The topological polar surface area (TPSA) is 102 Å². The molecule has 1 saturated carbocycles. The number of nitrogens with one attached hydrogen (secondary N) is 1. The molecule has 1 aromatic carbocycles. The number of halogens is 2. The van der Waals surface area contributed by atoms with Crippen LogP contribution in [0.2, 0.25) is 0 Å². The summed E-state index contributed by atoms with van der Waals surface area (Å²) in [6, 6.07) is 4.39. The summed E-state index contributed by atoms with van der Waals surface area (Å²) in [5.74, 6) is -0.593. The smallest absolute Gasteiger partial charge is 0.410 e. The van der Waals surface area contributed by atoms with Gasteiger partial charge in [0.2, 0.25) is 0 Å². The van der Waals surface area contributed by atoms with E-state index in [0.29, 0.717) is 17.3 Å². The molecule has 0 saturated heterocycles. The molecule has 2 aliphatic rings. The number of amides is 1. The third kappa shape index (κ3) is 2.36. The highest BCUT2D eigenvalue weighted by Gasteiger charge is 2.73. The Hall–Kier alpha value is -1.16. The second kappa shape index (κ2) is 5.42. The zero-order valence-corrected chi connectivity index (χ0v) is 16.4. The first-order chi connectivity index (χ1) is 11.4. The molecular formula is C16H20BrFN2O4S. The average molecular weight is 435 g/mol. The van der Waals surface area contributed by atoms with Crippen molar-refractivity contribution >= 4 is 38.4 Å². The molecule has 1 amide bonds. The average Bonchev–Trinajstić information content (AvgIpc) is 3.29. The highest BCUT2D eigenvalue weighted by molar-refractivity contribution is 9.10. The zero-order chi connectivity index (χ0) is 18.8. The minimum atomic E-state index is -3.35. The van der Waals surface area contributed by atoms with Gasteiger partial charge in [0, 0.05) is 10.0 Å². The second-order valence-corrected chi connectivity index (χ2v) is 11.0. The van der Waals surface area contributed by atoms with Crippen molar-refractivity contribution in [3.05, 3.63) is 34.1 Å². The van der Waals surface area contributed by atoms with Crippen molar-refractivity contribution in [3.63, 3.8) is 0 Å².